The third-order valence-corrected chi connectivity index (χ3v) is 5.70. The fourth-order valence-corrected chi connectivity index (χ4v) is 4.07. The Morgan fingerprint density at radius 2 is 2.17 bits per heavy atom. The van der Waals surface area contributed by atoms with Crippen LogP contribution in [0.1, 0.15) is 66.7 Å². The third-order valence-electron chi connectivity index (χ3n) is 4.87. The first-order chi connectivity index (χ1) is 11.8. The molecule has 2 aromatic heterocycles. The summed E-state index contributed by atoms with van der Waals surface area (Å²) in [6.45, 7) is 0.507. The predicted octanol–water partition coefficient (Wildman–Crippen LogP) is 4.27. The number of hydrogen-bond donors (Lipinski definition) is 1. The number of thiophene rings is 1. The highest BCUT2D eigenvalue weighted by Gasteiger charge is 2.31. The normalized spacial score (nSPS) is 18.5. The number of carbonyl (C=O) groups is 1. The van der Waals surface area contributed by atoms with Crippen LogP contribution in [-0.2, 0) is 11.3 Å². The van der Waals surface area contributed by atoms with Crippen molar-refractivity contribution < 1.29 is 4.79 Å². The molecule has 2 saturated carbocycles. The molecule has 0 unspecified atom stereocenters. The van der Waals surface area contributed by atoms with Crippen molar-refractivity contribution in [3.8, 4) is 0 Å². The molecule has 2 aliphatic carbocycles. The first kappa shape index (κ1) is 15.6. The van der Waals surface area contributed by atoms with Crippen LogP contribution in [0, 0.1) is 0 Å². The van der Waals surface area contributed by atoms with Gasteiger partial charge in [-0.15, -0.1) is 11.3 Å². The molecule has 0 aliphatic heterocycles. The fourth-order valence-electron chi connectivity index (χ4n) is 3.45. The predicted molar refractivity (Wildman–Crippen MR) is 96.9 cm³/mol. The summed E-state index contributed by atoms with van der Waals surface area (Å²) in [7, 11) is 0. The van der Waals surface area contributed by atoms with Gasteiger partial charge in [-0.3, -0.25) is 9.48 Å². The Balaban J connectivity index is 1.39. The molecule has 5 heteroatoms. The van der Waals surface area contributed by atoms with Crippen LogP contribution in [0.5, 0.6) is 0 Å². The fraction of sp³-hybridized carbons (Fsp3) is 0.474. The lowest BCUT2D eigenvalue weighted by molar-refractivity contribution is -0.116. The van der Waals surface area contributed by atoms with Crippen molar-refractivity contribution in [2.75, 3.05) is 0 Å². The molecule has 0 atom stereocenters. The van der Waals surface area contributed by atoms with Gasteiger partial charge in [0.15, 0.2) is 0 Å². The summed E-state index contributed by atoms with van der Waals surface area (Å²) in [5.41, 5.74) is 2.38. The highest BCUT2D eigenvalue weighted by molar-refractivity contribution is 7.10. The Bertz CT molecular complexity index is 722. The number of hydrogen-bond acceptors (Lipinski definition) is 3. The minimum atomic E-state index is -0.0632. The molecule has 0 saturated heterocycles. The van der Waals surface area contributed by atoms with Crippen LogP contribution in [0.25, 0.3) is 6.08 Å². The molecule has 4 rings (SSSR count). The molecule has 0 spiro atoms. The smallest absolute Gasteiger partial charge is 0.244 e. The maximum Gasteiger partial charge on any atom is 0.244 e. The molecule has 24 heavy (non-hydrogen) atoms. The van der Waals surface area contributed by atoms with Gasteiger partial charge in [-0.25, -0.2) is 0 Å². The van der Waals surface area contributed by atoms with E-state index in [0.717, 1.165) is 10.6 Å². The average molecular weight is 341 g/mol. The quantitative estimate of drug-likeness (QED) is 0.798. The van der Waals surface area contributed by atoms with Crippen LogP contribution < -0.4 is 5.32 Å². The molecule has 2 aliphatic rings. The topological polar surface area (TPSA) is 46.9 Å². The zero-order valence-electron chi connectivity index (χ0n) is 13.8. The van der Waals surface area contributed by atoms with Crippen molar-refractivity contribution in [2.45, 2.75) is 57.0 Å². The second kappa shape index (κ2) is 6.93. The van der Waals surface area contributed by atoms with E-state index in [0.29, 0.717) is 18.5 Å². The highest BCUT2D eigenvalue weighted by Crippen LogP contribution is 2.43. The zero-order chi connectivity index (χ0) is 16.4. The van der Waals surface area contributed by atoms with Crippen molar-refractivity contribution in [3.05, 3.63) is 45.9 Å². The molecule has 0 aromatic carbocycles. The van der Waals surface area contributed by atoms with Crippen LogP contribution in [0.3, 0.4) is 0 Å². The summed E-state index contributed by atoms with van der Waals surface area (Å²) in [5, 5.41) is 9.78. The summed E-state index contributed by atoms with van der Waals surface area (Å²) in [6.07, 6.45) is 11.1. The summed E-state index contributed by atoms with van der Waals surface area (Å²) in [6, 6.07) is 6.76. The van der Waals surface area contributed by atoms with E-state index >= 15 is 0 Å². The van der Waals surface area contributed by atoms with Gasteiger partial charge in [-0.2, -0.15) is 5.10 Å². The van der Waals surface area contributed by atoms with E-state index in [1.165, 1.54) is 44.2 Å². The summed E-state index contributed by atoms with van der Waals surface area (Å²) < 4.78 is 2.27. The second-order valence-corrected chi connectivity index (χ2v) is 7.76. The number of amides is 1. The standard InChI is InChI=1S/C19H23N3OS/c23-19(10-9-17-6-3-11-24-17)20-13-15-12-18(14-7-8-14)22(21-15)16-4-1-2-5-16/h3,6,9-12,14,16H,1-2,4-5,7-8,13H2,(H,20,23)/b10-9+. The average Bonchev–Trinajstić information content (AvgIpc) is 3.04. The van der Waals surface area contributed by atoms with Crippen LogP contribution >= 0.6 is 11.3 Å². The Hall–Kier alpha value is -1.88. The van der Waals surface area contributed by atoms with E-state index in [9.17, 15) is 4.79 Å². The zero-order valence-corrected chi connectivity index (χ0v) is 14.6. The van der Waals surface area contributed by atoms with Crippen molar-refractivity contribution in [2.24, 2.45) is 0 Å². The van der Waals surface area contributed by atoms with E-state index < -0.39 is 0 Å². The van der Waals surface area contributed by atoms with Gasteiger partial charge in [-0.1, -0.05) is 18.9 Å². The maximum atomic E-state index is 12.0. The van der Waals surface area contributed by atoms with Gasteiger partial charge < -0.3 is 5.32 Å². The summed E-state index contributed by atoms with van der Waals surface area (Å²) in [5.74, 6) is 0.632. The van der Waals surface area contributed by atoms with Gasteiger partial charge in [0.1, 0.15) is 0 Å². The van der Waals surface area contributed by atoms with E-state index in [2.05, 4.69) is 16.1 Å². The lowest BCUT2D eigenvalue weighted by atomic mass is 10.2. The first-order valence-electron chi connectivity index (χ1n) is 8.87. The summed E-state index contributed by atoms with van der Waals surface area (Å²) in [4.78, 5) is 13.1. The van der Waals surface area contributed by atoms with Crippen LogP contribution in [0.4, 0.5) is 0 Å². The SMILES string of the molecule is O=C(/C=C/c1cccs1)NCc1cc(C2CC2)n(C2CCCC2)n1. The highest BCUT2D eigenvalue weighted by atomic mass is 32.1. The minimum absolute atomic E-state index is 0.0632. The number of rotatable bonds is 6. The largest absolute Gasteiger partial charge is 0.347 e. The van der Waals surface area contributed by atoms with E-state index in [1.807, 2.05) is 23.6 Å². The molecule has 2 heterocycles. The Labute approximate surface area is 146 Å². The van der Waals surface area contributed by atoms with Crippen molar-refractivity contribution in [1.82, 2.24) is 15.1 Å². The number of nitrogens with one attached hydrogen (secondary N) is 1. The van der Waals surface area contributed by atoms with Gasteiger partial charge >= 0.3 is 0 Å². The molecule has 1 amide bonds. The van der Waals surface area contributed by atoms with Crippen LogP contribution in [0.15, 0.2) is 29.7 Å². The molecule has 0 bridgehead atoms. The summed E-state index contributed by atoms with van der Waals surface area (Å²) >= 11 is 1.63. The van der Waals surface area contributed by atoms with Crippen molar-refractivity contribution >= 4 is 23.3 Å². The van der Waals surface area contributed by atoms with Gasteiger partial charge in [0, 0.05) is 22.6 Å². The molecular formula is C19H23N3OS. The van der Waals surface area contributed by atoms with Crippen LogP contribution in [-0.4, -0.2) is 15.7 Å². The Kier molecular flexibility index (Phi) is 4.52. The van der Waals surface area contributed by atoms with Gasteiger partial charge in [-0.05, 0) is 49.3 Å². The molecule has 2 aromatic rings. The van der Waals surface area contributed by atoms with E-state index in [4.69, 9.17) is 5.10 Å². The molecule has 2 fully saturated rings. The molecule has 126 valence electrons. The molecular weight excluding hydrogens is 318 g/mol. The minimum Gasteiger partial charge on any atom is -0.347 e. The second-order valence-electron chi connectivity index (χ2n) is 6.78. The maximum absolute atomic E-state index is 12.0. The third kappa shape index (κ3) is 3.61. The number of carbonyl (C=O) groups excluding carboxylic acids is 1. The van der Waals surface area contributed by atoms with E-state index in [-0.39, 0.29) is 5.91 Å². The lowest BCUT2D eigenvalue weighted by Gasteiger charge is -2.13. The van der Waals surface area contributed by atoms with Crippen molar-refractivity contribution in [3.63, 3.8) is 0 Å². The lowest BCUT2D eigenvalue weighted by Crippen LogP contribution is -2.20. The Morgan fingerprint density at radius 3 is 2.88 bits per heavy atom. The monoisotopic (exact) mass is 341 g/mol. The van der Waals surface area contributed by atoms with Gasteiger partial charge in [0.25, 0.3) is 0 Å². The number of nitrogens with zero attached hydrogens (tertiary/aromatic N) is 2. The first-order valence-corrected chi connectivity index (χ1v) is 9.75. The van der Waals surface area contributed by atoms with Crippen LogP contribution in [0.2, 0.25) is 0 Å². The molecule has 4 nitrogen and oxygen atoms in total. The van der Waals surface area contributed by atoms with E-state index in [1.54, 1.807) is 17.4 Å². The molecule has 0 radical (unpaired) electrons. The van der Waals surface area contributed by atoms with Crippen molar-refractivity contribution in [1.29, 1.82) is 0 Å². The van der Waals surface area contributed by atoms with Gasteiger partial charge in [0.2, 0.25) is 5.91 Å². The molecule has 1 N–H and O–H groups in total. The number of aromatic nitrogens is 2. The Morgan fingerprint density at radius 1 is 1.33 bits per heavy atom. The van der Waals surface area contributed by atoms with Gasteiger partial charge in [0.05, 0.1) is 18.3 Å².